The minimum Gasteiger partial charge on any atom is -0.455 e. The van der Waals surface area contributed by atoms with Crippen LogP contribution in [0.4, 0.5) is 0 Å². The molecule has 0 aliphatic heterocycles. The maximum absolute atomic E-state index is 15.3. The molecular weight excluding hydrogens is 795 g/mol. The molecule has 0 N–H and O–H groups in total. The van der Waals surface area contributed by atoms with Crippen LogP contribution in [0.3, 0.4) is 0 Å². The Balaban J connectivity index is 1.01. The number of benzene rings is 8. The molecule has 4 nitrogen and oxygen atoms in total. The van der Waals surface area contributed by atoms with Gasteiger partial charge in [-0.3, -0.25) is 9.59 Å². The second-order valence-electron chi connectivity index (χ2n) is 20.6. The van der Waals surface area contributed by atoms with Crippen molar-refractivity contribution in [3.05, 3.63) is 217 Å². The summed E-state index contributed by atoms with van der Waals surface area (Å²) in [4.78, 5) is 29.7. The van der Waals surface area contributed by atoms with Crippen LogP contribution in [-0.2, 0) is 5.41 Å². The van der Waals surface area contributed by atoms with E-state index < -0.39 is 5.41 Å². The number of aromatic nitrogens is 1. The maximum Gasteiger partial charge on any atom is 0.171 e. The molecule has 9 aliphatic rings. The number of furan rings is 1. The first-order valence-electron chi connectivity index (χ1n) is 23.8. The maximum atomic E-state index is 15.3. The predicted octanol–water partition coefficient (Wildman–Crippen LogP) is 13.9. The Morgan fingerprint density at radius 2 is 1.09 bits per heavy atom. The minimum absolute atomic E-state index is 0.0897. The monoisotopic (exact) mass is 831 g/mol. The number of nitrogens with zero attached hydrogens (tertiary/aromatic N) is 1. The Kier molecular flexibility index (Phi) is 5.43. The molecule has 4 bridgehead atoms. The van der Waals surface area contributed by atoms with Crippen LogP contribution in [0.2, 0.25) is 0 Å². The number of carbonyl (C=O) groups excluding carboxylic acids is 2. The van der Waals surface area contributed by atoms with E-state index in [2.05, 4.69) is 144 Å². The molecule has 3 heterocycles. The number of carbonyl (C=O) groups is 2. The van der Waals surface area contributed by atoms with Crippen molar-refractivity contribution >= 4 is 71.6 Å². The summed E-state index contributed by atoms with van der Waals surface area (Å²) in [5.74, 6) is 1.12. The van der Waals surface area contributed by atoms with E-state index in [9.17, 15) is 4.79 Å². The van der Waals surface area contributed by atoms with Gasteiger partial charge in [0, 0.05) is 67.1 Å². The molecule has 3 atom stereocenters. The van der Waals surface area contributed by atoms with E-state index in [1.165, 1.54) is 77.4 Å². The second kappa shape index (κ2) is 10.6. The third-order valence-corrected chi connectivity index (χ3v) is 18.4. The van der Waals surface area contributed by atoms with Gasteiger partial charge in [0.2, 0.25) is 0 Å². The van der Waals surface area contributed by atoms with Crippen molar-refractivity contribution in [1.82, 2.24) is 4.40 Å². The molecule has 304 valence electrons. The van der Waals surface area contributed by atoms with Gasteiger partial charge in [0.25, 0.3) is 0 Å². The van der Waals surface area contributed by atoms with Gasteiger partial charge in [-0.1, -0.05) is 103 Å². The Morgan fingerprint density at radius 1 is 0.462 bits per heavy atom. The Bertz CT molecular complexity index is 4120. The minimum atomic E-state index is -0.454. The highest BCUT2D eigenvalue weighted by Gasteiger charge is 2.69. The smallest absolute Gasteiger partial charge is 0.171 e. The summed E-state index contributed by atoms with van der Waals surface area (Å²) in [6.07, 6.45) is 4.09. The quantitative estimate of drug-likeness (QED) is 0.153. The van der Waals surface area contributed by atoms with Gasteiger partial charge >= 0.3 is 0 Å². The van der Waals surface area contributed by atoms with Crippen molar-refractivity contribution in [1.29, 1.82) is 0 Å². The summed E-state index contributed by atoms with van der Waals surface area (Å²) in [5.41, 5.74) is 22.1. The summed E-state index contributed by atoms with van der Waals surface area (Å²) >= 11 is 0. The zero-order chi connectivity index (χ0) is 41.9. The van der Waals surface area contributed by atoms with Crippen molar-refractivity contribution in [2.75, 3.05) is 0 Å². The molecule has 65 heavy (non-hydrogen) atoms. The van der Waals surface area contributed by atoms with Crippen LogP contribution in [0.1, 0.15) is 143 Å². The van der Waals surface area contributed by atoms with Crippen LogP contribution in [0.25, 0.3) is 60.0 Å². The first-order valence-corrected chi connectivity index (χ1v) is 23.8. The molecule has 0 amide bonds. The Hall–Kier alpha value is -7.30. The molecular formula is C61H37NO3. The molecule has 3 unspecified atom stereocenters. The fraction of sp³-hybridized carbons (Fsp3) is 0.180. The van der Waals surface area contributed by atoms with Crippen LogP contribution in [0, 0.1) is 5.92 Å². The lowest BCUT2D eigenvalue weighted by atomic mass is 9.52. The van der Waals surface area contributed by atoms with Gasteiger partial charge in [-0.15, -0.1) is 0 Å². The van der Waals surface area contributed by atoms with Crippen molar-refractivity contribution < 1.29 is 14.0 Å². The third-order valence-electron chi connectivity index (χ3n) is 18.4. The van der Waals surface area contributed by atoms with E-state index in [1.807, 2.05) is 0 Å². The van der Waals surface area contributed by atoms with Crippen molar-refractivity contribution in [3.63, 3.8) is 0 Å². The first kappa shape index (κ1) is 33.2. The van der Waals surface area contributed by atoms with E-state index in [0.717, 1.165) is 86.2 Å². The average molecular weight is 832 g/mol. The molecule has 0 radical (unpaired) electrons. The van der Waals surface area contributed by atoms with Gasteiger partial charge in [-0.05, 0) is 135 Å². The summed E-state index contributed by atoms with van der Waals surface area (Å²) in [5, 5.41) is 6.96. The van der Waals surface area contributed by atoms with Crippen LogP contribution >= 0.6 is 0 Å². The van der Waals surface area contributed by atoms with E-state index in [1.54, 1.807) is 0 Å². The van der Waals surface area contributed by atoms with Crippen LogP contribution in [-0.4, -0.2) is 16.0 Å². The Morgan fingerprint density at radius 3 is 1.85 bits per heavy atom. The standard InChI is InChI=1S/C61H37NO3/c63-58-29-19-17-28(18-20-29)38-23-39-40-24-44-52-49(22-21-37-50-30-9-1-3-11-32(30)51(53(37)52)33-12-4-2-10-31(33)50)65-60(44)54-43-25-46-42(27-48(43)62(57(40)54)47(39)26-41(38)58)59(64)56-35-14-6-5-13-34(35)55-36-15-7-8-16-45(36)61(46,55)56/h1-16,21-29,50-51,55-56H,17-20H2. The largest absolute Gasteiger partial charge is 0.455 e. The zero-order valence-electron chi connectivity index (χ0n) is 35.2. The molecule has 3 aromatic heterocycles. The van der Waals surface area contributed by atoms with Gasteiger partial charge in [-0.25, -0.2) is 0 Å². The topological polar surface area (TPSA) is 51.7 Å². The summed E-state index contributed by atoms with van der Waals surface area (Å²) in [6.45, 7) is 0. The van der Waals surface area contributed by atoms with E-state index in [0.29, 0.717) is 11.7 Å². The van der Waals surface area contributed by atoms with E-state index >= 15 is 4.79 Å². The summed E-state index contributed by atoms with van der Waals surface area (Å²) in [7, 11) is 0. The van der Waals surface area contributed by atoms with Crippen molar-refractivity contribution in [2.24, 2.45) is 5.92 Å². The highest BCUT2D eigenvalue weighted by atomic mass is 16.3. The number of fused-ring (bicyclic) bond motifs is 18. The van der Waals surface area contributed by atoms with E-state index in [-0.39, 0.29) is 35.4 Å². The fourth-order valence-corrected chi connectivity index (χ4v) is 16.1. The van der Waals surface area contributed by atoms with Crippen LogP contribution < -0.4 is 0 Å². The van der Waals surface area contributed by atoms with Gasteiger partial charge in [0.1, 0.15) is 11.2 Å². The van der Waals surface area contributed by atoms with Crippen molar-refractivity contribution in [3.8, 4) is 0 Å². The lowest BCUT2D eigenvalue weighted by Crippen LogP contribution is -2.43. The van der Waals surface area contributed by atoms with Gasteiger partial charge in [0.15, 0.2) is 11.6 Å². The normalized spacial score (nSPS) is 25.7. The predicted molar refractivity (Wildman–Crippen MR) is 255 cm³/mol. The molecule has 4 heteroatoms. The summed E-state index contributed by atoms with van der Waals surface area (Å²) < 4.78 is 9.76. The molecule has 1 saturated carbocycles. The highest BCUT2D eigenvalue weighted by Crippen LogP contribution is 2.73. The number of Topliss-reactive ketones (excluding diaryl/α,β-unsaturated/α-hetero) is 2. The molecule has 11 aromatic rings. The molecule has 1 fully saturated rings. The SMILES string of the molecule is O=C1c2cc3c(cc2C2CCC1CC2)c1cc2c(oc4ccc5c(c42)C2c4ccccc4C5c4ccccc42)c2c4cc5c(cc4n3c12)C(=O)C1c2ccccc2C2c3ccccc3C512. The van der Waals surface area contributed by atoms with Crippen molar-refractivity contribution in [2.45, 2.75) is 60.7 Å². The molecule has 20 rings (SSSR count). The lowest BCUT2D eigenvalue weighted by Gasteiger charge is -2.48. The van der Waals surface area contributed by atoms with Crippen LogP contribution in [0.15, 0.2) is 144 Å². The number of rotatable bonds is 0. The van der Waals surface area contributed by atoms with E-state index in [4.69, 9.17) is 4.42 Å². The number of hydrogen-bond donors (Lipinski definition) is 0. The number of hydrogen-bond acceptors (Lipinski definition) is 3. The Labute approximate surface area is 372 Å². The van der Waals surface area contributed by atoms with Gasteiger partial charge in [0.05, 0.1) is 27.9 Å². The van der Waals surface area contributed by atoms with Gasteiger partial charge in [-0.2, -0.15) is 0 Å². The third kappa shape index (κ3) is 3.39. The average Bonchev–Trinajstić information content (AvgIpc) is 4.08. The molecule has 1 spiro atoms. The fourth-order valence-electron chi connectivity index (χ4n) is 16.1. The highest BCUT2D eigenvalue weighted by molar-refractivity contribution is 6.34. The second-order valence-corrected chi connectivity index (χ2v) is 20.6. The van der Waals surface area contributed by atoms with Gasteiger partial charge < -0.3 is 8.82 Å². The summed E-state index contributed by atoms with van der Waals surface area (Å²) in [6, 6.07) is 52.0. The molecule has 0 saturated heterocycles. The zero-order valence-corrected chi connectivity index (χ0v) is 35.2. The molecule has 9 aliphatic carbocycles. The molecule has 8 aromatic carbocycles. The number of ketones is 2. The lowest BCUT2D eigenvalue weighted by molar-refractivity contribution is 0.0897. The van der Waals surface area contributed by atoms with Crippen LogP contribution in [0.5, 0.6) is 0 Å². The first-order chi connectivity index (χ1) is 32.1.